The van der Waals surface area contributed by atoms with E-state index in [-0.39, 0.29) is 0 Å². The van der Waals surface area contributed by atoms with Gasteiger partial charge in [0.25, 0.3) is 0 Å². The van der Waals surface area contributed by atoms with Gasteiger partial charge in [0, 0.05) is 5.56 Å². The summed E-state index contributed by atoms with van der Waals surface area (Å²) < 4.78 is 10.4. The summed E-state index contributed by atoms with van der Waals surface area (Å²) in [7, 11) is 0. The number of fused-ring (bicyclic) bond motifs is 3. The fraction of sp³-hybridized carbons (Fsp3) is 0.250. The number of hydrogen-bond donors (Lipinski definition) is 0. The van der Waals surface area contributed by atoms with Crippen molar-refractivity contribution in [3.8, 4) is 0 Å². The minimum absolute atomic E-state index is 0.965. The molecule has 0 unspecified atom stereocenters. The summed E-state index contributed by atoms with van der Waals surface area (Å²) in [6, 6.07) is 2.06. The molecule has 0 aliphatic heterocycles. The second-order valence-electron chi connectivity index (χ2n) is 2.58. The molecule has 10 heavy (non-hydrogen) atoms. The van der Waals surface area contributed by atoms with Gasteiger partial charge in [-0.05, 0) is 12.5 Å². The van der Waals surface area contributed by atoms with E-state index in [0.29, 0.717) is 0 Å². The lowest BCUT2D eigenvalue weighted by molar-refractivity contribution is 0.727. The number of aryl methyl sites for hydroxylation is 1. The van der Waals surface area contributed by atoms with Gasteiger partial charge < -0.3 is 8.83 Å². The van der Waals surface area contributed by atoms with Crippen LogP contribution in [0.25, 0.3) is 22.3 Å². The third kappa shape index (κ3) is 0.375. The van der Waals surface area contributed by atoms with Gasteiger partial charge in [-0.15, -0.1) is 0 Å². The molecule has 0 saturated carbocycles. The Morgan fingerprint density at radius 3 is 2.90 bits per heavy atom. The first kappa shape index (κ1) is 4.61. The van der Waals surface area contributed by atoms with Crippen molar-refractivity contribution in [2.24, 2.45) is 0 Å². The Morgan fingerprint density at radius 2 is 2.10 bits per heavy atom. The Kier molecular flexibility index (Phi) is 0.528. The highest BCUT2D eigenvalue weighted by molar-refractivity contribution is 6.07. The van der Waals surface area contributed by atoms with Crippen LogP contribution in [0.15, 0.2) is 14.9 Å². The van der Waals surface area contributed by atoms with Crippen LogP contribution in [-0.2, 0) is 6.42 Å². The van der Waals surface area contributed by atoms with Crippen molar-refractivity contribution < 1.29 is 8.83 Å². The average Bonchev–Trinajstić information content (AvgIpc) is 2.78. The maximum absolute atomic E-state index is 5.22. The van der Waals surface area contributed by atoms with Crippen molar-refractivity contribution >= 4 is 22.3 Å². The van der Waals surface area contributed by atoms with E-state index in [1.54, 1.807) is 0 Å². The molecule has 3 aromatic rings. The van der Waals surface area contributed by atoms with Crippen LogP contribution in [0.3, 0.4) is 0 Å². The molecule has 0 aliphatic carbocycles. The molecule has 0 saturated heterocycles. The maximum atomic E-state index is 5.22. The van der Waals surface area contributed by atoms with Crippen LogP contribution < -0.4 is 0 Å². The van der Waals surface area contributed by atoms with Crippen molar-refractivity contribution in [3.05, 3.63) is 11.6 Å². The number of hydrogen-bond acceptors (Lipinski definition) is 2. The largest absolute Gasteiger partial charge is 0.445 e. The van der Waals surface area contributed by atoms with Crippen molar-refractivity contribution in [1.29, 1.82) is 0 Å². The van der Waals surface area contributed by atoms with Gasteiger partial charge in [0.1, 0.15) is 0 Å². The fourth-order valence-corrected chi connectivity index (χ4v) is 1.26. The highest BCUT2D eigenvalue weighted by Gasteiger charge is 2.23. The van der Waals surface area contributed by atoms with Crippen molar-refractivity contribution in [2.75, 3.05) is 0 Å². The molecule has 0 radical (unpaired) electrons. The second kappa shape index (κ2) is 1.15. The van der Waals surface area contributed by atoms with Gasteiger partial charge in [0.15, 0.2) is 11.2 Å². The molecule has 0 aliphatic rings. The maximum Gasteiger partial charge on any atom is 0.216 e. The van der Waals surface area contributed by atoms with E-state index in [9.17, 15) is 0 Å². The molecule has 0 spiro atoms. The smallest absolute Gasteiger partial charge is 0.216 e. The first-order chi connectivity index (χ1) is 4.90. The van der Waals surface area contributed by atoms with E-state index < -0.39 is 0 Å². The summed E-state index contributed by atoms with van der Waals surface area (Å²) in [5, 5.41) is 0. The van der Waals surface area contributed by atoms with Crippen molar-refractivity contribution in [2.45, 2.75) is 13.3 Å². The average molecular weight is 134 g/mol. The summed E-state index contributed by atoms with van der Waals surface area (Å²) in [6.07, 6.45) is 1.03. The van der Waals surface area contributed by atoms with Gasteiger partial charge in [-0.3, -0.25) is 0 Å². The zero-order valence-electron chi connectivity index (χ0n) is 5.60. The van der Waals surface area contributed by atoms with Crippen molar-refractivity contribution in [3.63, 3.8) is 0 Å². The normalized spacial score (nSPS) is 12.9. The monoisotopic (exact) mass is 134 g/mol. The summed E-state index contributed by atoms with van der Waals surface area (Å²) in [6.45, 7) is 2.12. The Hall–Kier alpha value is -1.18. The lowest BCUT2D eigenvalue weighted by atomic mass is 10.2. The van der Waals surface area contributed by atoms with E-state index in [1.165, 1.54) is 5.56 Å². The molecule has 0 amide bonds. The summed E-state index contributed by atoms with van der Waals surface area (Å²) in [4.78, 5) is 0. The van der Waals surface area contributed by atoms with Crippen LogP contribution in [0, 0.1) is 0 Å². The highest BCUT2D eigenvalue weighted by Crippen LogP contribution is 2.41. The van der Waals surface area contributed by atoms with Crippen LogP contribution in [0.2, 0.25) is 0 Å². The van der Waals surface area contributed by atoms with Gasteiger partial charge in [0.05, 0.1) is 0 Å². The topological polar surface area (TPSA) is 26.3 Å². The van der Waals surface area contributed by atoms with Crippen LogP contribution in [0.1, 0.15) is 12.5 Å². The quantitative estimate of drug-likeness (QED) is 0.511. The number of benzene rings is 1. The van der Waals surface area contributed by atoms with Gasteiger partial charge in [0.2, 0.25) is 11.2 Å². The van der Waals surface area contributed by atoms with Crippen LogP contribution in [0.4, 0.5) is 0 Å². The Morgan fingerprint density at radius 1 is 1.20 bits per heavy atom. The van der Waals surface area contributed by atoms with Crippen LogP contribution in [-0.4, -0.2) is 0 Å². The number of rotatable bonds is 1. The zero-order valence-corrected chi connectivity index (χ0v) is 5.60. The zero-order chi connectivity index (χ0) is 6.72. The van der Waals surface area contributed by atoms with Crippen LogP contribution >= 0.6 is 0 Å². The fourth-order valence-electron chi connectivity index (χ4n) is 1.26. The van der Waals surface area contributed by atoms with E-state index in [0.717, 1.165) is 28.8 Å². The molecule has 3 rings (SSSR count). The lowest BCUT2D eigenvalue weighted by Gasteiger charge is -1.81. The predicted octanol–water partition coefficient (Wildman–Crippen LogP) is 2.62. The molecular weight excluding hydrogens is 128 g/mol. The first-order valence-corrected chi connectivity index (χ1v) is 3.45. The van der Waals surface area contributed by atoms with Gasteiger partial charge in [-0.1, -0.05) is 6.92 Å². The van der Waals surface area contributed by atoms with E-state index >= 15 is 0 Å². The molecule has 2 heterocycles. The van der Waals surface area contributed by atoms with E-state index in [4.69, 9.17) is 8.83 Å². The van der Waals surface area contributed by atoms with E-state index in [1.807, 2.05) is 0 Å². The van der Waals surface area contributed by atoms with Crippen LogP contribution in [0.5, 0.6) is 0 Å². The van der Waals surface area contributed by atoms with Gasteiger partial charge in [-0.2, -0.15) is 0 Å². The molecule has 2 heteroatoms. The SMILES string of the molecule is CCc1cc2oc2c2oc12. The molecule has 0 atom stereocenters. The van der Waals surface area contributed by atoms with Crippen molar-refractivity contribution in [1.82, 2.24) is 0 Å². The minimum Gasteiger partial charge on any atom is -0.445 e. The molecular formula is C8H6O2. The Bertz CT molecular complexity index is 446. The second-order valence-corrected chi connectivity index (χ2v) is 2.58. The Balaban J connectivity index is 2.45. The van der Waals surface area contributed by atoms with E-state index in [2.05, 4.69) is 13.0 Å². The summed E-state index contributed by atoms with van der Waals surface area (Å²) >= 11 is 0. The van der Waals surface area contributed by atoms with Gasteiger partial charge in [-0.25, -0.2) is 0 Å². The third-order valence-corrected chi connectivity index (χ3v) is 1.95. The first-order valence-electron chi connectivity index (χ1n) is 3.45. The Labute approximate surface area is 57.1 Å². The molecule has 2 aromatic heterocycles. The molecule has 1 aromatic carbocycles. The summed E-state index contributed by atoms with van der Waals surface area (Å²) in [5.74, 6) is 0. The molecule has 0 N–H and O–H groups in total. The minimum atomic E-state index is 0.965. The molecule has 0 bridgehead atoms. The standard InChI is InChI=1S/C8H6O2/c1-2-4-3-5-7(9-5)8-6(4)10-8/h3H,2H2,1H3. The summed E-state index contributed by atoms with van der Waals surface area (Å²) in [5.41, 5.74) is 5.28. The predicted molar refractivity (Wildman–Crippen MR) is 37.7 cm³/mol. The highest BCUT2D eigenvalue weighted by atomic mass is 16.4. The van der Waals surface area contributed by atoms with Gasteiger partial charge >= 0.3 is 0 Å². The molecule has 0 fully saturated rings. The lowest BCUT2D eigenvalue weighted by Crippen LogP contribution is -1.71. The third-order valence-electron chi connectivity index (χ3n) is 1.95. The molecule has 50 valence electrons. The molecule has 2 nitrogen and oxygen atoms in total.